The first kappa shape index (κ1) is 14.8. The first-order valence-electron chi connectivity index (χ1n) is 7.59. The number of hydrogen-bond donors (Lipinski definition) is 0. The zero-order valence-corrected chi connectivity index (χ0v) is 13.1. The van der Waals surface area contributed by atoms with Crippen LogP contribution in [0.2, 0.25) is 0 Å². The maximum Gasteiger partial charge on any atom is 0.309 e. The molecule has 0 fully saturated rings. The van der Waals surface area contributed by atoms with Crippen LogP contribution < -0.4 is 0 Å². The van der Waals surface area contributed by atoms with E-state index in [9.17, 15) is 4.79 Å². The van der Waals surface area contributed by atoms with E-state index in [4.69, 9.17) is 4.74 Å². The molecule has 1 aliphatic rings. The van der Waals surface area contributed by atoms with Gasteiger partial charge in [-0.05, 0) is 29.3 Å². The predicted molar refractivity (Wildman–Crippen MR) is 86.8 cm³/mol. The molecule has 2 aromatic rings. The number of rotatable bonds is 3. The van der Waals surface area contributed by atoms with E-state index in [-0.39, 0.29) is 5.97 Å². The minimum atomic E-state index is -0.196. The van der Waals surface area contributed by atoms with Gasteiger partial charge < -0.3 is 9.64 Å². The summed E-state index contributed by atoms with van der Waals surface area (Å²) >= 11 is 0. The van der Waals surface area contributed by atoms with E-state index in [0.29, 0.717) is 12.3 Å². The molecule has 0 saturated carbocycles. The highest BCUT2D eigenvalue weighted by atomic mass is 16.5. The highest BCUT2D eigenvalue weighted by Gasteiger charge is 2.24. The fourth-order valence-corrected chi connectivity index (χ4v) is 3.23. The van der Waals surface area contributed by atoms with Gasteiger partial charge in [-0.2, -0.15) is 0 Å². The molecule has 0 unspecified atom stereocenters. The lowest BCUT2D eigenvalue weighted by molar-refractivity contribution is -0.139. The molecular formula is C19H21NO2. The van der Waals surface area contributed by atoms with E-state index >= 15 is 0 Å². The molecule has 1 atom stereocenters. The number of nitrogens with zero attached hydrogens (tertiary/aromatic N) is 1. The lowest BCUT2D eigenvalue weighted by Gasteiger charge is -2.32. The van der Waals surface area contributed by atoms with Crippen molar-refractivity contribution < 1.29 is 9.53 Å². The minimum absolute atomic E-state index is 0.196. The number of esters is 1. The summed E-state index contributed by atoms with van der Waals surface area (Å²) in [6, 6.07) is 16.9. The summed E-state index contributed by atoms with van der Waals surface area (Å²) in [6.45, 7) is 1.99. The van der Waals surface area contributed by atoms with Gasteiger partial charge in [0.15, 0.2) is 0 Å². The molecule has 0 spiro atoms. The van der Waals surface area contributed by atoms with Gasteiger partial charge in [0.25, 0.3) is 0 Å². The monoisotopic (exact) mass is 295 g/mol. The molecule has 0 radical (unpaired) electrons. The highest BCUT2D eigenvalue weighted by Crippen LogP contribution is 2.33. The maximum absolute atomic E-state index is 11.5. The van der Waals surface area contributed by atoms with Gasteiger partial charge in [-0.15, -0.1) is 0 Å². The van der Waals surface area contributed by atoms with Crippen LogP contribution in [0.25, 0.3) is 0 Å². The van der Waals surface area contributed by atoms with Gasteiger partial charge >= 0.3 is 5.97 Å². The Balaban J connectivity index is 1.94. The molecule has 2 aromatic carbocycles. The number of methoxy groups -OCH3 is 1. The van der Waals surface area contributed by atoms with Crippen LogP contribution in [0.5, 0.6) is 0 Å². The van der Waals surface area contributed by atoms with Crippen molar-refractivity contribution in [2.45, 2.75) is 18.9 Å². The second-order valence-corrected chi connectivity index (χ2v) is 5.95. The van der Waals surface area contributed by atoms with Gasteiger partial charge in [0.1, 0.15) is 0 Å². The predicted octanol–water partition coefficient (Wildman–Crippen LogP) is 2.98. The van der Waals surface area contributed by atoms with Gasteiger partial charge in [0.05, 0.1) is 13.5 Å². The normalized spacial score (nSPS) is 17.8. The molecule has 22 heavy (non-hydrogen) atoms. The van der Waals surface area contributed by atoms with Crippen molar-refractivity contribution >= 4 is 5.97 Å². The lowest BCUT2D eigenvalue weighted by atomic mass is 9.84. The van der Waals surface area contributed by atoms with Crippen LogP contribution in [0.15, 0.2) is 48.5 Å². The summed E-state index contributed by atoms with van der Waals surface area (Å²) in [6.07, 6.45) is 0.328. The summed E-state index contributed by atoms with van der Waals surface area (Å²) in [4.78, 5) is 13.8. The molecule has 0 amide bonds. The van der Waals surface area contributed by atoms with Crippen LogP contribution >= 0.6 is 0 Å². The third-order valence-corrected chi connectivity index (χ3v) is 4.29. The van der Waals surface area contributed by atoms with Crippen LogP contribution in [-0.4, -0.2) is 31.6 Å². The number of carbonyl (C=O) groups is 1. The standard InChI is InChI=1S/C19H21NO2/c1-20-12-16-7-3-4-9-17(16)18(13-20)15-8-5-6-14(10-15)11-19(21)22-2/h3-10,18H,11-13H2,1-2H3/t18-/m0/s1. The SMILES string of the molecule is COC(=O)Cc1cccc([C@@H]2CN(C)Cc3ccccc32)c1. The number of fused-ring (bicyclic) bond motifs is 1. The average molecular weight is 295 g/mol. The van der Waals surface area contributed by atoms with Gasteiger partial charge in [-0.1, -0.05) is 48.5 Å². The van der Waals surface area contributed by atoms with Crippen molar-refractivity contribution in [1.29, 1.82) is 0 Å². The third-order valence-electron chi connectivity index (χ3n) is 4.29. The van der Waals surface area contributed by atoms with Crippen LogP contribution in [0, 0.1) is 0 Å². The van der Waals surface area contributed by atoms with E-state index in [1.807, 2.05) is 12.1 Å². The van der Waals surface area contributed by atoms with Crippen molar-refractivity contribution in [3.8, 4) is 0 Å². The summed E-state index contributed by atoms with van der Waals surface area (Å²) in [5, 5.41) is 0. The quantitative estimate of drug-likeness (QED) is 0.815. The molecule has 0 bridgehead atoms. The lowest BCUT2D eigenvalue weighted by Crippen LogP contribution is -2.30. The molecule has 0 aromatic heterocycles. The number of carbonyl (C=O) groups excluding carboxylic acids is 1. The molecule has 0 N–H and O–H groups in total. The Bertz CT molecular complexity index is 681. The smallest absolute Gasteiger partial charge is 0.309 e. The zero-order chi connectivity index (χ0) is 15.5. The molecule has 3 heteroatoms. The van der Waals surface area contributed by atoms with Crippen molar-refractivity contribution in [3.63, 3.8) is 0 Å². The summed E-state index contributed by atoms with van der Waals surface area (Å²) < 4.78 is 4.77. The highest BCUT2D eigenvalue weighted by molar-refractivity contribution is 5.72. The largest absolute Gasteiger partial charge is 0.469 e. The molecule has 0 aliphatic carbocycles. The van der Waals surface area contributed by atoms with Gasteiger partial charge in [0.2, 0.25) is 0 Å². The van der Waals surface area contributed by atoms with E-state index in [1.165, 1.54) is 23.8 Å². The molecule has 1 aliphatic heterocycles. The molecular weight excluding hydrogens is 274 g/mol. The van der Waals surface area contributed by atoms with E-state index in [1.54, 1.807) is 0 Å². The van der Waals surface area contributed by atoms with Crippen molar-refractivity contribution in [3.05, 3.63) is 70.8 Å². The van der Waals surface area contributed by atoms with Crippen LogP contribution in [0.4, 0.5) is 0 Å². The van der Waals surface area contributed by atoms with E-state index in [2.05, 4.69) is 48.3 Å². The summed E-state index contributed by atoms with van der Waals surface area (Å²) in [5.41, 5.74) is 5.06. The number of likely N-dealkylation sites (N-methyl/N-ethyl adjacent to an activating group) is 1. The topological polar surface area (TPSA) is 29.5 Å². The van der Waals surface area contributed by atoms with E-state index in [0.717, 1.165) is 18.7 Å². The summed E-state index contributed by atoms with van der Waals surface area (Å²) in [7, 11) is 3.58. The second kappa shape index (κ2) is 6.32. The Morgan fingerprint density at radius 1 is 1.23 bits per heavy atom. The fourth-order valence-electron chi connectivity index (χ4n) is 3.23. The maximum atomic E-state index is 11.5. The van der Waals surface area contributed by atoms with Crippen molar-refractivity contribution in [2.24, 2.45) is 0 Å². The Morgan fingerprint density at radius 2 is 2.05 bits per heavy atom. The Labute approximate surface area is 131 Å². The van der Waals surface area contributed by atoms with Gasteiger partial charge in [0, 0.05) is 19.0 Å². The molecule has 0 saturated heterocycles. The van der Waals surface area contributed by atoms with Crippen LogP contribution in [0.3, 0.4) is 0 Å². The first-order chi connectivity index (χ1) is 10.7. The van der Waals surface area contributed by atoms with Crippen molar-refractivity contribution in [1.82, 2.24) is 4.90 Å². The van der Waals surface area contributed by atoms with Crippen LogP contribution in [-0.2, 0) is 22.5 Å². The molecule has 114 valence electrons. The van der Waals surface area contributed by atoms with Gasteiger partial charge in [-0.25, -0.2) is 0 Å². The zero-order valence-electron chi connectivity index (χ0n) is 13.1. The van der Waals surface area contributed by atoms with Gasteiger partial charge in [-0.3, -0.25) is 4.79 Å². The molecule has 3 rings (SSSR count). The average Bonchev–Trinajstić information content (AvgIpc) is 2.54. The Morgan fingerprint density at radius 3 is 2.86 bits per heavy atom. The number of hydrogen-bond acceptors (Lipinski definition) is 3. The Kier molecular flexibility index (Phi) is 4.25. The fraction of sp³-hybridized carbons (Fsp3) is 0.316. The van der Waals surface area contributed by atoms with Crippen LogP contribution in [0.1, 0.15) is 28.2 Å². The van der Waals surface area contributed by atoms with Crippen molar-refractivity contribution in [2.75, 3.05) is 20.7 Å². The minimum Gasteiger partial charge on any atom is -0.469 e. The summed E-state index contributed by atoms with van der Waals surface area (Å²) in [5.74, 6) is 0.158. The Hall–Kier alpha value is -2.13. The third kappa shape index (κ3) is 3.04. The number of benzene rings is 2. The number of ether oxygens (including phenoxy) is 1. The second-order valence-electron chi connectivity index (χ2n) is 5.95. The molecule has 1 heterocycles. The van der Waals surface area contributed by atoms with E-state index < -0.39 is 0 Å². The first-order valence-corrected chi connectivity index (χ1v) is 7.59. The molecule has 3 nitrogen and oxygen atoms in total.